The molecule has 0 aliphatic heterocycles. The van der Waals surface area contributed by atoms with Crippen molar-refractivity contribution in [1.82, 2.24) is 14.8 Å². The number of anilines is 1. The van der Waals surface area contributed by atoms with Crippen LogP contribution in [0.25, 0.3) is 11.6 Å². The number of nitro groups is 1. The van der Waals surface area contributed by atoms with E-state index in [1.807, 2.05) is 24.3 Å². The number of hydrogen-bond donors (Lipinski definition) is 1. The van der Waals surface area contributed by atoms with Gasteiger partial charge in [-0.3, -0.25) is 14.9 Å². The molecule has 2 heterocycles. The molecule has 1 N–H and O–H groups in total. The highest BCUT2D eigenvalue weighted by atomic mass is 16.6. The molecular formula is C21H17N5O5. The Morgan fingerprint density at radius 1 is 1.19 bits per heavy atom. The van der Waals surface area contributed by atoms with Crippen LogP contribution < -0.4 is 10.1 Å². The summed E-state index contributed by atoms with van der Waals surface area (Å²) in [6.07, 6.45) is 1.48. The van der Waals surface area contributed by atoms with Crippen molar-refractivity contribution in [3.63, 3.8) is 0 Å². The van der Waals surface area contributed by atoms with E-state index in [0.717, 1.165) is 16.0 Å². The highest BCUT2D eigenvalue weighted by Gasteiger charge is 2.21. The van der Waals surface area contributed by atoms with E-state index in [4.69, 9.17) is 9.15 Å². The minimum absolute atomic E-state index is 0.109. The summed E-state index contributed by atoms with van der Waals surface area (Å²) in [6.45, 7) is 0.364. The second-order valence-corrected chi connectivity index (χ2v) is 6.46. The Kier molecular flexibility index (Phi) is 5.43. The number of carbonyl (C=O) groups excluding carboxylic acids is 1. The highest BCUT2D eigenvalue weighted by molar-refractivity contribution is 5.97. The maximum Gasteiger partial charge on any atom is 0.281 e. The van der Waals surface area contributed by atoms with Gasteiger partial charge >= 0.3 is 0 Å². The predicted octanol–water partition coefficient (Wildman–Crippen LogP) is 3.76. The van der Waals surface area contributed by atoms with Gasteiger partial charge in [-0.25, -0.2) is 0 Å². The number of nitro benzene ring substituents is 1. The van der Waals surface area contributed by atoms with Gasteiger partial charge in [-0.15, -0.1) is 5.10 Å². The molecule has 0 aliphatic rings. The average Bonchev–Trinajstić information content (AvgIpc) is 3.47. The lowest BCUT2D eigenvalue weighted by atomic mass is 10.2. The lowest BCUT2D eigenvalue weighted by Gasteiger charge is -2.08. The third kappa shape index (κ3) is 4.27. The van der Waals surface area contributed by atoms with E-state index in [1.54, 1.807) is 19.2 Å². The molecule has 0 amide bonds. The summed E-state index contributed by atoms with van der Waals surface area (Å²) in [4.78, 5) is 28.0. The van der Waals surface area contributed by atoms with E-state index in [9.17, 15) is 14.9 Å². The van der Waals surface area contributed by atoms with Crippen LogP contribution in [0.4, 0.5) is 11.6 Å². The summed E-state index contributed by atoms with van der Waals surface area (Å²) in [7, 11) is 1.59. The molecule has 10 nitrogen and oxygen atoms in total. The minimum atomic E-state index is -0.564. The van der Waals surface area contributed by atoms with Crippen LogP contribution in [0.5, 0.6) is 5.75 Å². The Morgan fingerprint density at radius 3 is 2.68 bits per heavy atom. The van der Waals surface area contributed by atoms with E-state index in [0.29, 0.717) is 12.3 Å². The fourth-order valence-electron chi connectivity index (χ4n) is 2.88. The summed E-state index contributed by atoms with van der Waals surface area (Å²) >= 11 is 0. The summed E-state index contributed by atoms with van der Waals surface area (Å²) in [5, 5.41) is 18.4. The number of furan rings is 1. The number of hydrogen-bond acceptors (Lipinski definition) is 8. The van der Waals surface area contributed by atoms with Gasteiger partial charge in [-0.1, -0.05) is 18.2 Å². The molecule has 4 rings (SSSR count). The summed E-state index contributed by atoms with van der Waals surface area (Å²) in [6, 6.07) is 16.2. The van der Waals surface area contributed by atoms with Gasteiger partial charge in [-0.2, -0.15) is 9.67 Å². The largest absolute Gasteiger partial charge is 0.497 e. The molecular weight excluding hydrogens is 402 g/mol. The van der Waals surface area contributed by atoms with Crippen LogP contribution in [0, 0.1) is 10.1 Å². The van der Waals surface area contributed by atoms with E-state index in [1.165, 1.54) is 30.5 Å². The molecule has 0 aliphatic carbocycles. The first-order valence-electron chi connectivity index (χ1n) is 9.22. The van der Waals surface area contributed by atoms with Gasteiger partial charge in [0.15, 0.2) is 5.76 Å². The quantitative estimate of drug-likeness (QED) is 0.355. The second kappa shape index (κ2) is 8.49. The number of ether oxygens (including phenoxy) is 1. The van der Waals surface area contributed by atoms with Gasteiger partial charge in [0.1, 0.15) is 5.75 Å². The Labute approximate surface area is 176 Å². The predicted molar refractivity (Wildman–Crippen MR) is 111 cm³/mol. The van der Waals surface area contributed by atoms with Gasteiger partial charge in [-0.05, 0) is 35.9 Å². The van der Waals surface area contributed by atoms with Crippen LogP contribution in [0.3, 0.4) is 0 Å². The van der Waals surface area contributed by atoms with Crippen LogP contribution in [-0.2, 0) is 6.54 Å². The zero-order chi connectivity index (χ0) is 21.8. The Morgan fingerprint density at radius 2 is 2.00 bits per heavy atom. The molecule has 10 heteroatoms. The number of non-ortho nitro benzene ring substituents is 1. The number of nitrogens with zero attached hydrogens (tertiary/aromatic N) is 4. The molecule has 4 aromatic rings. The molecule has 0 unspecified atom stereocenters. The fraction of sp³-hybridized carbons (Fsp3) is 0.0952. The van der Waals surface area contributed by atoms with Crippen molar-refractivity contribution >= 4 is 17.5 Å². The molecule has 0 fully saturated rings. The van der Waals surface area contributed by atoms with Crippen molar-refractivity contribution in [2.75, 3.05) is 12.4 Å². The number of aromatic nitrogens is 3. The van der Waals surface area contributed by atoms with E-state index >= 15 is 0 Å². The topological polar surface area (TPSA) is 125 Å². The van der Waals surface area contributed by atoms with Gasteiger partial charge in [0.2, 0.25) is 11.8 Å². The number of methoxy groups -OCH3 is 1. The molecule has 0 spiro atoms. The molecule has 2 aromatic heterocycles. The molecule has 0 saturated heterocycles. The molecule has 31 heavy (non-hydrogen) atoms. The van der Waals surface area contributed by atoms with Gasteiger partial charge < -0.3 is 14.5 Å². The second-order valence-electron chi connectivity index (χ2n) is 6.46. The Balaban J connectivity index is 1.66. The highest BCUT2D eigenvalue weighted by Crippen LogP contribution is 2.21. The van der Waals surface area contributed by atoms with Crippen LogP contribution in [0.15, 0.2) is 71.3 Å². The lowest BCUT2D eigenvalue weighted by molar-refractivity contribution is -0.384. The Hall–Kier alpha value is -4.47. The van der Waals surface area contributed by atoms with Crippen LogP contribution in [0.1, 0.15) is 15.9 Å². The first-order valence-corrected chi connectivity index (χ1v) is 9.22. The maximum absolute atomic E-state index is 13.1. The van der Waals surface area contributed by atoms with Gasteiger partial charge in [0, 0.05) is 24.2 Å². The van der Waals surface area contributed by atoms with Crippen molar-refractivity contribution in [3.05, 3.63) is 88.2 Å². The molecule has 2 aromatic carbocycles. The average molecular weight is 419 g/mol. The standard InChI is InChI=1S/C21H17N5O5/c1-30-17-9-7-14(8-10-17)13-22-21-23-19(18-6-3-11-31-18)24-25(21)20(27)15-4-2-5-16(12-15)26(28)29/h2-12H,13H2,1H3,(H,22,23,24). The van der Waals surface area contributed by atoms with Crippen molar-refractivity contribution < 1.29 is 18.9 Å². The molecule has 156 valence electrons. The first-order chi connectivity index (χ1) is 15.0. The normalized spacial score (nSPS) is 10.6. The number of carbonyl (C=O) groups is 1. The Bertz CT molecular complexity index is 1220. The lowest BCUT2D eigenvalue weighted by Crippen LogP contribution is -2.17. The monoisotopic (exact) mass is 419 g/mol. The van der Waals surface area contributed by atoms with Gasteiger partial charge in [0.25, 0.3) is 11.6 Å². The van der Waals surface area contributed by atoms with Crippen LogP contribution in [-0.4, -0.2) is 32.7 Å². The molecule has 0 radical (unpaired) electrons. The van der Waals surface area contributed by atoms with Crippen molar-refractivity contribution in [3.8, 4) is 17.3 Å². The summed E-state index contributed by atoms with van der Waals surface area (Å²) < 4.78 is 11.6. The maximum atomic E-state index is 13.1. The molecule has 0 bridgehead atoms. The van der Waals surface area contributed by atoms with Crippen LogP contribution >= 0.6 is 0 Å². The van der Waals surface area contributed by atoms with Crippen molar-refractivity contribution in [2.45, 2.75) is 6.54 Å². The number of rotatable bonds is 7. The van der Waals surface area contributed by atoms with Gasteiger partial charge in [0.05, 0.1) is 18.3 Å². The SMILES string of the molecule is COc1ccc(CNc2nc(-c3ccco3)nn2C(=O)c2cccc([N+](=O)[O-])c2)cc1. The zero-order valence-electron chi connectivity index (χ0n) is 16.4. The molecule has 0 atom stereocenters. The van der Waals surface area contributed by atoms with Crippen molar-refractivity contribution in [2.24, 2.45) is 0 Å². The van der Waals surface area contributed by atoms with E-state index in [-0.39, 0.29) is 23.0 Å². The molecule has 0 saturated carbocycles. The number of nitrogens with one attached hydrogen (secondary N) is 1. The van der Waals surface area contributed by atoms with E-state index < -0.39 is 10.8 Å². The number of benzene rings is 2. The fourth-order valence-corrected chi connectivity index (χ4v) is 2.88. The third-order valence-corrected chi connectivity index (χ3v) is 4.45. The smallest absolute Gasteiger partial charge is 0.281 e. The van der Waals surface area contributed by atoms with E-state index in [2.05, 4.69) is 15.4 Å². The van der Waals surface area contributed by atoms with Crippen LogP contribution in [0.2, 0.25) is 0 Å². The third-order valence-electron chi connectivity index (χ3n) is 4.45. The minimum Gasteiger partial charge on any atom is -0.497 e. The zero-order valence-corrected chi connectivity index (χ0v) is 16.4. The summed E-state index contributed by atoms with van der Waals surface area (Å²) in [5.41, 5.74) is 0.847. The van der Waals surface area contributed by atoms with Crippen molar-refractivity contribution in [1.29, 1.82) is 0 Å². The first kappa shape index (κ1) is 19.8. The summed E-state index contributed by atoms with van der Waals surface area (Å²) in [5.74, 6) is 0.942.